The molecule has 1 heterocycles. The maximum absolute atomic E-state index is 12.4. The highest BCUT2D eigenvalue weighted by atomic mass is 35.5. The molecular weight excluding hydrogens is 356 g/mol. The van der Waals surface area contributed by atoms with E-state index in [4.69, 9.17) is 16.3 Å². The van der Waals surface area contributed by atoms with Crippen molar-refractivity contribution in [2.24, 2.45) is 0 Å². The van der Waals surface area contributed by atoms with E-state index in [1.165, 1.54) is 4.90 Å². The van der Waals surface area contributed by atoms with Crippen LogP contribution in [0, 0.1) is 0 Å². The van der Waals surface area contributed by atoms with E-state index >= 15 is 0 Å². The van der Waals surface area contributed by atoms with Crippen molar-refractivity contribution in [1.29, 1.82) is 0 Å². The Morgan fingerprint density at radius 1 is 1.35 bits per heavy atom. The second kappa shape index (κ2) is 7.84. The van der Waals surface area contributed by atoms with Crippen LogP contribution < -0.4 is 5.32 Å². The van der Waals surface area contributed by atoms with Gasteiger partial charge in [-0.2, -0.15) is 0 Å². The number of nitrogens with zero attached hydrogens (tertiary/aromatic N) is 1. The Hall–Kier alpha value is -1.79. The molecule has 1 aliphatic heterocycles. The van der Waals surface area contributed by atoms with Crippen molar-refractivity contribution >= 4 is 23.6 Å². The number of halogens is 1. The molecular formula is C19H27ClN2O4. The summed E-state index contributed by atoms with van der Waals surface area (Å²) in [6.45, 7) is 5.87. The molecule has 2 amide bonds. The van der Waals surface area contributed by atoms with Crippen LogP contribution in [0.5, 0.6) is 0 Å². The zero-order chi connectivity index (χ0) is 19.5. The van der Waals surface area contributed by atoms with Gasteiger partial charge in [-0.25, -0.2) is 4.79 Å². The highest BCUT2D eigenvalue weighted by Gasteiger charge is 2.42. The highest BCUT2D eigenvalue weighted by molar-refractivity contribution is 6.30. The first-order chi connectivity index (χ1) is 12.1. The lowest BCUT2D eigenvalue weighted by molar-refractivity contribution is 0.0282. The number of carbonyl (C=O) groups is 2. The normalized spacial score (nSPS) is 19.1. The summed E-state index contributed by atoms with van der Waals surface area (Å²) in [4.78, 5) is 26.1. The van der Waals surface area contributed by atoms with E-state index < -0.39 is 17.2 Å². The van der Waals surface area contributed by atoms with E-state index in [0.717, 1.165) is 5.56 Å². The maximum atomic E-state index is 12.4. The summed E-state index contributed by atoms with van der Waals surface area (Å²) >= 11 is 6.15. The van der Waals surface area contributed by atoms with Gasteiger partial charge in [0, 0.05) is 30.8 Å². The molecule has 1 aromatic rings. The fourth-order valence-corrected chi connectivity index (χ4v) is 3.32. The van der Waals surface area contributed by atoms with E-state index in [0.29, 0.717) is 36.4 Å². The molecule has 1 atom stereocenters. The minimum absolute atomic E-state index is 0.0232. The lowest BCUT2D eigenvalue weighted by Crippen LogP contribution is -2.43. The number of benzene rings is 1. The van der Waals surface area contributed by atoms with Gasteiger partial charge in [0.1, 0.15) is 5.60 Å². The lowest BCUT2D eigenvalue weighted by Gasteiger charge is -2.33. The molecule has 0 saturated heterocycles. The first-order valence-corrected chi connectivity index (χ1v) is 9.13. The molecule has 0 aromatic heterocycles. The molecule has 0 unspecified atom stereocenters. The molecule has 0 bridgehead atoms. The van der Waals surface area contributed by atoms with Crippen molar-refractivity contribution in [3.05, 3.63) is 34.3 Å². The zero-order valence-corrected chi connectivity index (χ0v) is 16.5. The third-order valence-electron chi connectivity index (χ3n) is 4.44. The zero-order valence-electron chi connectivity index (χ0n) is 15.8. The van der Waals surface area contributed by atoms with Crippen LogP contribution in [0.2, 0.25) is 5.02 Å². The third kappa shape index (κ3) is 4.68. The van der Waals surface area contributed by atoms with Crippen molar-refractivity contribution < 1.29 is 19.4 Å². The minimum atomic E-state index is -0.656. The molecule has 1 aliphatic rings. The van der Waals surface area contributed by atoms with E-state index in [1.807, 2.05) is 20.8 Å². The molecule has 2 N–H and O–H groups in total. The van der Waals surface area contributed by atoms with Crippen LogP contribution in [0.3, 0.4) is 0 Å². The van der Waals surface area contributed by atoms with Gasteiger partial charge in [0.15, 0.2) is 0 Å². The van der Waals surface area contributed by atoms with Crippen molar-refractivity contribution in [1.82, 2.24) is 10.2 Å². The lowest BCUT2D eigenvalue weighted by atomic mass is 9.83. The Balaban J connectivity index is 2.20. The number of hydrogen-bond donors (Lipinski definition) is 2. The molecule has 2 rings (SSSR count). The van der Waals surface area contributed by atoms with Gasteiger partial charge in [0.2, 0.25) is 0 Å². The summed E-state index contributed by atoms with van der Waals surface area (Å²) in [5, 5.41) is 12.9. The molecule has 0 radical (unpaired) electrons. The molecule has 26 heavy (non-hydrogen) atoms. The van der Waals surface area contributed by atoms with Gasteiger partial charge in [0.25, 0.3) is 5.91 Å². The Labute approximate surface area is 159 Å². The number of fused-ring (bicyclic) bond motifs is 1. The van der Waals surface area contributed by atoms with E-state index in [-0.39, 0.29) is 12.5 Å². The summed E-state index contributed by atoms with van der Waals surface area (Å²) in [5.74, 6) is -0.158. The van der Waals surface area contributed by atoms with Crippen LogP contribution in [0.15, 0.2) is 18.2 Å². The average Bonchev–Trinajstić information content (AvgIpc) is 2.81. The van der Waals surface area contributed by atoms with Crippen molar-refractivity contribution in [2.45, 2.75) is 51.2 Å². The van der Waals surface area contributed by atoms with Gasteiger partial charge in [-0.1, -0.05) is 11.6 Å². The van der Waals surface area contributed by atoms with Gasteiger partial charge in [-0.3, -0.25) is 4.79 Å². The third-order valence-corrected chi connectivity index (χ3v) is 4.67. The minimum Gasteiger partial charge on any atom is -0.444 e. The van der Waals surface area contributed by atoms with Gasteiger partial charge >= 0.3 is 6.09 Å². The smallest absolute Gasteiger partial charge is 0.410 e. The van der Waals surface area contributed by atoms with Gasteiger partial charge in [-0.15, -0.1) is 0 Å². The number of amides is 2. The summed E-state index contributed by atoms with van der Waals surface area (Å²) in [6.07, 6.45) is 1.18. The largest absolute Gasteiger partial charge is 0.444 e. The van der Waals surface area contributed by atoms with E-state index in [2.05, 4.69) is 5.32 Å². The number of hydrogen-bond acceptors (Lipinski definition) is 4. The number of aliphatic hydroxyl groups excluding tert-OH is 1. The molecule has 0 saturated carbocycles. The number of carbonyl (C=O) groups excluding carboxylic acids is 2. The number of rotatable bonds is 6. The second-order valence-electron chi connectivity index (χ2n) is 7.71. The second-order valence-corrected chi connectivity index (χ2v) is 8.14. The van der Waals surface area contributed by atoms with Crippen LogP contribution >= 0.6 is 11.6 Å². The summed E-state index contributed by atoms with van der Waals surface area (Å²) in [5.41, 5.74) is 0.186. The summed E-state index contributed by atoms with van der Waals surface area (Å²) < 4.78 is 5.38. The first-order valence-electron chi connectivity index (χ1n) is 8.75. The fraction of sp³-hybridized carbons (Fsp3) is 0.579. The van der Waals surface area contributed by atoms with Gasteiger partial charge < -0.3 is 20.1 Å². The van der Waals surface area contributed by atoms with Crippen LogP contribution in [0.4, 0.5) is 4.79 Å². The Kier molecular flexibility index (Phi) is 6.19. The van der Waals surface area contributed by atoms with E-state index in [9.17, 15) is 14.7 Å². The SMILES string of the molecule is CN(CC[C@]1(CCCO)NC(=O)c2ccc(Cl)cc21)C(=O)OC(C)(C)C. The Morgan fingerprint density at radius 3 is 2.65 bits per heavy atom. The van der Waals surface area contributed by atoms with E-state index in [1.54, 1.807) is 25.2 Å². The first kappa shape index (κ1) is 20.5. The summed E-state index contributed by atoms with van der Waals surface area (Å²) in [7, 11) is 1.67. The molecule has 144 valence electrons. The predicted molar refractivity (Wildman–Crippen MR) is 100 cm³/mol. The monoisotopic (exact) mass is 382 g/mol. The Bertz CT molecular complexity index is 687. The number of nitrogens with one attached hydrogen (secondary N) is 1. The highest BCUT2D eigenvalue weighted by Crippen LogP contribution is 2.39. The molecule has 0 fully saturated rings. The van der Waals surface area contributed by atoms with Gasteiger partial charge in [-0.05, 0) is 63.8 Å². The van der Waals surface area contributed by atoms with Crippen molar-refractivity contribution in [3.8, 4) is 0 Å². The van der Waals surface area contributed by atoms with Crippen LogP contribution in [0.1, 0.15) is 56.0 Å². The predicted octanol–water partition coefficient (Wildman–Crippen LogP) is 3.31. The quantitative estimate of drug-likeness (QED) is 0.791. The Morgan fingerprint density at radius 2 is 2.04 bits per heavy atom. The topological polar surface area (TPSA) is 78.9 Å². The maximum Gasteiger partial charge on any atom is 0.410 e. The molecule has 0 aliphatic carbocycles. The summed E-state index contributed by atoms with van der Waals surface area (Å²) in [6, 6.07) is 5.19. The van der Waals surface area contributed by atoms with Crippen LogP contribution in [0.25, 0.3) is 0 Å². The van der Waals surface area contributed by atoms with Crippen molar-refractivity contribution in [3.63, 3.8) is 0 Å². The van der Waals surface area contributed by atoms with Gasteiger partial charge in [0.05, 0.1) is 5.54 Å². The molecule has 7 heteroatoms. The number of ether oxygens (including phenoxy) is 1. The molecule has 0 spiro atoms. The van der Waals surface area contributed by atoms with Crippen LogP contribution in [-0.2, 0) is 10.3 Å². The number of aliphatic hydroxyl groups is 1. The van der Waals surface area contributed by atoms with Crippen molar-refractivity contribution in [2.75, 3.05) is 20.2 Å². The molecule has 1 aromatic carbocycles. The fourth-order valence-electron chi connectivity index (χ4n) is 3.15. The average molecular weight is 383 g/mol. The molecule has 6 nitrogen and oxygen atoms in total. The van der Waals surface area contributed by atoms with Crippen LogP contribution in [-0.4, -0.2) is 47.8 Å². The standard InChI is InChI=1S/C19H27ClN2O4/c1-18(2,3)26-17(25)22(4)10-9-19(8-5-11-23)15-12-13(20)6-7-14(15)16(24)21-19/h6-7,12,23H,5,8-11H2,1-4H3,(H,21,24)/t19-/m0/s1.